The summed E-state index contributed by atoms with van der Waals surface area (Å²) in [5.41, 5.74) is 6.12. The second-order valence-electron chi connectivity index (χ2n) is 6.56. The van der Waals surface area contributed by atoms with E-state index in [1.54, 1.807) is 0 Å². The molecule has 1 unspecified atom stereocenters. The zero-order valence-corrected chi connectivity index (χ0v) is 12.6. The van der Waals surface area contributed by atoms with Crippen LogP contribution in [0.2, 0.25) is 0 Å². The molecule has 0 bridgehead atoms. The minimum absolute atomic E-state index is 0.102. The third-order valence-electron chi connectivity index (χ3n) is 4.63. The van der Waals surface area contributed by atoms with Gasteiger partial charge in [-0.1, -0.05) is 0 Å². The van der Waals surface area contributed by atoms with Crippen molar-refractivity contribution in [2.75, 3.05) is 5.32 Å². The molecule has 2 aliphatic rings. The zero-order valence-electron chi connectivity index (χ0n) is 12.6. The van der Waals surface area contributed by atoms with E-state index >= 15 is 0 Å². The molecule has 1 amide bonds. The predicted molar refractivity (Wildman–Crippen MR) is 83.3 cm³/mol. The van der Waals surface area contributed by atoms with E-state index in [9.17, 15) is 4.79 Å². The quantitative estimate of drug-likeness (QED) is 0.875. The molecule has 1 aromatic carbocycles. The SMILES string of the molecule is CC(N)(C(=O)Nc1ccc(OC2CCCC2)cc1)C1CC1. The number of ether oxygens (including phenoxy) is 1. The van der Waals surface area contributed by atoms with Crippen LogP contribution in [0, 0.1) is 5.92 Å². The Kier molecular flexibility index (Phi) is 3.89. The molecule has 2 fully saturated rings. The molecule has 1 atom stereocenters. The van der Waals surface area contributed by atoms with Gasteiger partial charge in [-0.15, -0.1) is 0 Å². The highest BCUT2D eigenvalue weighted by atomic mass is 16.5. The fourth-order valence-corrected chi connectivity index (χ4v) is 2.95. The lowest BCUT2D eigenvalue weighted by atomic mass is 9.96. The Balaban J connectivity index is 1.57. The zero-order chi connectivity index (χ0) is 14.9. The monoisotopic (exact) mass is 288 g/mol. The number of carbonyl (C=O) groups is 1. The maximum Gasteiger partial charge on any atom is 0.244 e. The molecular weight excluding hydrogens is 264 g/mol. The van der Waals surface area contributed by atoms with Crippen molar-refractivity contribution < 1.29 is 9.53 Å². The molecule has 3 rings (SSSR count). The van der Waals surface area contributed by atoms with Crippen LogP contribution < -0.4 is 15.8 Å². The van der Waals surface area contributed by atoms with Crippen LogP contribution in [0.25, 0.3) is 0 Å². The number of rotatable bonds is 5. The summed E-state index contributed by atoms with van der Waals surface area (Å²) in [4.78, 5) is 12.2. The highest BCUT2D eigenvalue weighted by Crippen LogP contribution is 2.38. The average molecular weight is 288 g/mol. The van der Waals surface area contributed by atoms with E-state index in [0.29, 0.717) is 12.0 Å². The molecule has 4 heteroatoms. The summed E-state index contributed by atoms with van der Waals surface area (Å²) in [5, 5.41) is 2.90. The molecule has 0 aliphatic heterocycles. The van der Waals surface area contributed by atoms with Crippen LogP contribution in [0.4, 0.5) is 5.69 Å². The first-order valence-corrected chi connectivity index (χ1v) is 7.93. The van der Waals surface area contributed by atoms with Crippen molar-refractivity contribution >= 4 is 11.6 Å². The predicted octanol–water partition coefficient (Wildman–Crippen LogP) is 3.07. The number of amides is 1. The molecule has 2 aliphatic carbocycles. The van der Waals surface area contributed by atoms with Crippen molar-refractivity contribution in [3.05, 3.63) is 24.3 Å². The fourth-order valence-electron chi connectivity index (χ4n) is 2.95. The summed E-state index contributed by atoms with van der Waals surface area (Å²) in [6.45, 7) is 1.82. The Bertz CT molecular complexity index is 500. The van der Waals surface area contributed by atoms with Crippen molar-refractivity contribution in [2.45, 2.75) is 57.1 Å². The number of hydrogen-bond acceptors (Lipinski definition) is 3. The van der Waals surface area contributed by atoms with Gasteiger partial charge in [0.05, 0.1) is 11.6 Å². The maximum atomic E-state index is 12.2. The molecule has 0 aromatic heterocycles. The summed E-state index contributed by atoms with van der Waals surface area (Å²) in [6.07, 6.45) is 7.26. The first-order valence-electron chi connectivity index (χ1n) is 7.93. The third-order valence-corrected chi connectivity index (χ3v) is 4.63. The van der Waals surface area contributed by atoms with E-state index in [1.807, 2.05) is 31.2 Å². The van der Waals surface area contributed by atoms with Gasteiger partial charge in [0.2, 0.25) is 5.91 Å². The van der Waals surface area contributed by atoms with Crippen LogP contribution in [0.15, 0.2) is 24.3 Å². The van der Waals surface area contributed by atoms with Gasteiger partial charge in [0.1, 0.15) is 5.75 Å². The summed E-state index contributed by atoms with van der Waals surface area (Å²) in [5.74, 6) is 1.09. The number of nitrogens with two attached hydrogens (primary N) is 1. The number of benzene rings is 1. The highest BCUT2D eigenvalue weighted by molar-refractivity contribution is 5.98. The van der Waals surface area contributed by atoms with Crippen molar-refractivity contribution in [2.24, 2.45) is 11.7 Å². The van der Waals surface area contributed by atoms with Crippen LogP contribution in [-0.2, 0) is 4.79 Å². The summed E-state index contributed by atoms with van der Waals surface area (Å²) >= 11 is 0. The highest BCUT2D eigenvalue weighted by Gasteiger charge is 2.44. The summed E-state index contributed by atoms with van der Waals surface area (Å²) < 4.78 is 5.91. The minimum Gasteiger partial charge on any atom is -0.490 e. The lowest BCUT2D eigenvalue weighted by Gasteiger charge is -2.23. The van der Waals surface area contributed by atoms with Crippen LogP contribution in [0.1, 0.15) is 45.4 Å². The number of hydrogen-bond donors (Lipinski definition) is 2. The summed E-state index contributed by atoms with van der Waals surface area (Å²) in [7, 11) is 0. The largest absolute Gasteiger partial charge is 0.490 e. The number of carbonyl (C=O) groups excluding carboxylic acids is 1. The fraction of sp³-hybridized carbons (Fsp3) is 0.588. The number of nitrogens with one attached hydrogen (secondary N) is 1. The van der Waals surface area contributed by atoms with E-state index in [1.165, 1.54) is 12.8 Å². The minimum atomic E-state index is -0.765. The topological polar surface area (TPSA) is 64.4 Å². The Morgan fingerprint density at radius 1 is 1.19 bits per heavy atom. The standard InChI is InChI=1S/C17H24N2O2/c1-17(18,12-6-7-12)16(20)19-13-8-10-15(11-9-13)21-14-4-2-3-5-14/h8-12,14H,2-7,18H2,1H3,(H,19,20). The van der Waals surface area contributed by atoms with Gasteiger partial charge in [0.15, 0.2) is 0 Å². The second-order valence-corrected chi connectivity index (χ2v) is 6.56. The molecule has 4 nitrogen and oxygen atoms in total. The van der Waals surface area contributed by atoms with Gasteiger partial charge in [0.25, 0.3) is 0 Å². The van der Waals surface area contributed by atoms with Crippen LogP contribution in [0.5, 0.6) is 5.75 Å². The van der Waals surface area contributed by atoms with E-state index in [-0.39, 0.29) is 5.91 Å². The molecule has 0 heterocycles. The van der Waals surface area contributed by atoms with Gasteiger partial charge < -0.3 is 15.8 Å². The van der Waals surface area contributed by atoms with Gasteiger partial charge >= 0.3 is 0 Å². The normalized spacial score (nSPS) is 21.8. The second kappa shape index (κ2) is 5.68. The Morgan fingerprint density at radius 3 is 2.38 bits per heavy atom. The van der Waals surface area contributed by atoms with Crippen molar-refractivity contribution in [3.63, 3.8) is 0 Å². The molecule has 114 valence electrons. The Hall–Kier alpha value is -1.55. The molecular formula is C17H24N2O2. The van der Waals surface area contributed by atoms with Gasteiger partial charge in [-0.25, -0.2) is 0 Å². The molecule has 2 saturated carbocycles. The smallest absolute Gasteiger partial charge is 0.244 e. The van der Waals surface area contributed by atoms with Gasteiger partial charge in [0, 0.05) is 5.69 Å². The van der Waals surface area contributed by atoms with Crippen molar-refractivity contribution in [1.29, 1.82) is 0 Å². The molecule has 0 saturated heterocycles. The summed E-state index contributed by atoms with van der Waals surface area (Å²) in [6, 6.07) is 7.59. The lowest BCUT2D eigenvalue weighted by molar-refractivity contribution is -0.121. The van der Waals surface area contributed by atoms with Gasteiger partial charge in [-0.3, -0.25) is 4.79 Å². The molecule has 3 N–H and O–H groups in total. The maximum absolute atomic E-state index is 12.2. The lowest BCUT2D eigenvalue weighted by Crippen LogP contribution is -2.50. The third kappa shape index (κ3) is 3.38. The van der Waals surface area contributed by atoms with E-state index < -0.39 is 5.54 Å². The molecule has 1 aromatic rings. The first-order chi connectivity index (χ1) is 10.1. The average Bonchev–Trinajstić information content (AvgIpc) is 3.21. The van der Waals surface area contributed by atoms with E-state index in [4.69, 9.17) is 10.5 Å². The van der Waals surface area contributed by atoms with Crippen LogP contribution in [0.3, 0.4) is 0 Å². The molecule has 0 spiro atoms. The molecule has 21 heavy (non-hydrogen) atoms. The number of anilines is 1. The molecule has 0 radical (unpaired) electrons. The Morgan fingerprint density at radius 2 is 1.81 bits per heavy atom. The van der Waals surface area contributed by atoms with Gasteiger partial charge in [-0.05, 0) is 75.6 Å². The van der Waals surface area contributed by atoms with Crippen molar-refractivity contribution in [1.82, 2.24) is 0 Å². The first kappa shape index (κ1) is 14.4. The van der Waals surface area contributed by atoms with Crippen molar-refractivity contribution in [3.8, 4) is 5.75 Å². The van der Waals surface area contributed by atoms with Crippen LogP contribution in [-0.4, -0.2) is 17.6 Å². The van der Waals surface area contributed by atoms with E-state index in [2.05, 4.69) is 5.32 Å². The Labute approximate surface area is 126 Å². The van der Waals surface area contributed by atoms with E-state index in [0.717, 1.165) is 37.1 Å². The van der Waals surface area contributed by atoms with Crippen LogP contribution >= 0.6 is 0 Å². The van der Waals surface area contributed by atoms with Gasteiger partial charge in [-0.2, -0.15) is 0 Å².